The molecule has 4 heteroatoms. The van der Waals surface area contributed by atoms with Crippen molar-refractivity contribution in [3.8, 4) is 0 Å². The van der Waals surface area contributed by atoms with Gasteiger partial charge in [0, 0.05) is 0 Å². The Balaban J connectivity index is 3.53. The van der Waals surface area contributed by atoms with Gasteiger partial charge in [-0.2, -0.15) is 4.89 Å². The standard InChI is InChI=1S/C8H14O4/c1-5-6-10-12-7(9)11-8(2,3)4/h5H,1,6H2,2-4H3. The summed E-state index contributed by atoms with van der Waals surface area (Å²) in [6.45, 7) is 8.74. The Kier molecular flexibility index (Phi) is 4.36. The van der Waals surface area contributed by atoms with Crippen molar-refractivity contribution in [3.63, 3.8) is 0 Å². The van der Waals surface area contributed by atoms with Crippen LogP contribution in [0.2, 0.25) is 0 Å². The molecule has 0 bridgehead atoms. The molecule has 0 rings (SSSR count). The largest absolute Gasteiger partial charge is 0.540 e. The van der Waals surface area contributed by atoms with Crippen molar-refractivity contribution < 1.29 is 19.3 Å². The van der Waals surface area contributed by atoms with E-state index in [0.717, 1.165) is 0 Å². The highest BCUT2D eigenvalue weighted by molar-refractivity contribution is 5.59. The molecular formula is C8H14O4. The van der Waals surface area contributed by atoms with Gasteiger partial charge in [-0.15, -0.1) is 6.58 Å². The van der Waals surface area contributed by atoms with Crippen molar-refractivity contribution in [2.24, 2.45) is 0 Å². The monoisotopic (exact) mass is 174 g/mol. The number of carbonyl (C=O) groups is 1. The van der Waals surface area contributed by atoms with E-state index in [9.17, 15) is 4.79 Å². The Labute approximate surface area is 72.0 Å². The Bertz CT molecular complexity index is 157. The maximum atomic E-state index is 10.7. The first-order valence-electron chi connectivity index (χ1n) is 3.59. The zero-order valence-electron chi connectivity index (χ0n) is 7.62. The lowest BCUT2D eigenvalue weighted by molar-refractivity contribution is -0.252. The van der Waals surface area contributed by atoms with Gasteiger partial charge in [-0.3, -0.25) is 4.89 Å². The maximum Gasteiger partial charge on any atom is 0.540 e. The summed E-state index contributed by atoms with van der Waals surface area (Å²) in [4.78, 5) is 19.4. The molecule has 0 saturated carbocycles. The van der Waals surface area contributed by atoms with Crippen LogP contribution >= 0.6 is 0 Å². The van der Waals surface area contributed by atoms with Crippen LogP contribution in [-0.4, -0.2) is 18.4 Å². The average Bonchev–Trinajstić information content (AvgIpc) is 1.84. The summed E-state index contributed by atoms with van der Waals surface area (Å²) in [6.07, 6.45) is 0.619. The van der Waals surface area contributed by atoms with Gasteiger partial charge in [0.05, 0.1) is 0 Å². The summed E-state index contributed by atoms with van der Waals surface area (Å²) in [6, 6.07) is 0. The van der Waals surface area contributed by atoms with E-state index in [0.29, 0.717) is 0 Å². The predicted molar refractivity (Wildman–Crippen MR) is 43.5 cm³/mol. The van der Waals surface area contributed by atoms with Gasteiger partial charge in [-0.05, 0) is 20.8 Å². The van der Waals surface area contributed by atoms with Gasteiger partial charge in [0.2, 0.25) is 0 Å². The number of hydrogen-bond acceptors (Lipinski definition) is 4. The molecule has 0 unspecified atom stereocenters. The molecule has 0 aliphatic carbocycles. The lowest BCUT2D eigenvalue weighted by atomic mass is 10.2. The highest BCUT2D eigenvalue weighted by Gasteiger charge is 2.17. The van der Waals surface area contributed by atoms with E-state index >= 15 is 0 Å². The third-order valence-corrected chi connectivity index (χ3v) is 0.702. The Hall–Kier alpha value is -1.03. The Morgan fingerprint density at radius 3 is 2.50 bits per heavy atom. The molecule has 0 fully saturated rings. The summed E-state index contributed by atoms with van der Waals surface area (Å²) in [5, 5.41) is 0. The first-order valence-corrected chi connectivity index (χ1v) is 3.59. The van der Waals surface area contributed by atoms with Gasteiger partial charge >= 0.3 is 6.16 Å². The minimum atomic E-state index is -0.843. The molecule has 0 N–H and O–H groups in total. The van der Waals surface area contributed by atoms with Crippen molar-refractivity contribution in [1.29, 1.82) is 0 Å². The average molecular weight is 174 g/mol. The molecule has 0 aromatic heterocycles. The molecule has 0 heterocycles. The van der Waals surface area contributed by atoms with Gasteiger partial charge in [-0.25, -0.2) is 4.79 Å². The van der Waals surface area contributed by atoms with E-state index in [4.69, 9.17) is 4.74 Å². The fraction of sp³-hybridized carbons (Fsp3) is 0.625. The second-order valence-corrected chi connectivity index (χ2v) is 3.12. The number of rotatable bonds is 3. The lowest BCUT2D eigenvalue weighted by Gasteiger charge is -2.17. The summed E-state index contributed by atoms with van der Waals surface area (Å²) >= 11 is 0. The number of ether oxygens (including phenoxy) is 1. The molecule has 12 heavy (non-hydrogen) atoms. The SMILES string of the molecule is C=CCOOC(=O)OC(C)(C)C. The van der Waals surface area contributed by atoms with Crippen LogP contribution in [0, 0.1) is 0 Å². The quantitative estimate of drug-likeness (QED) is 0.216. The Morgan fingerprint density at radius 1 is 1.50 bits per heavy atom. The maximum absolute atomic E-state index is 10.7. The lowest BCUT2D eigenvalue weighted by Crippen LogP contribution is -2.24. The molecule has 0 aromatic carbocycles. The van der Waals surface area contributed by atoms with Crippen LogP contribution in [0.25, 0.3) is 0 Å². The highest BCUT2D eigenvalue weighted by atomic mass is 17.2. The topological polar surface area (TPSA) is 44.8 Å². The van der Waals surface area contributed by atoms with Crippen molar-refractivity contribution in [3.05, 3.63) is 12.7 Å². The van der Waals surface area contributed by atoms with E-state index < -0.39 is 11.8 Å². The first-order chi connectivity index (χ1) is 5.45. The van der Waals surface area contributed by atoms with Gasteiger partial charge in [0.15, 0.2) is 0 Å². The van der Waals surface area contributed by atoms with Gasteiger partial charge in [0.1, 0.15) is 12.2 Å². The fourth-order valence-corrected chi connectivity index (χ4v) is 0.397. The number of carbonyl (C=O) groups excluding carboxylic acids is 1. The van der Waals surface area contributed by atoms with Crippen molar-refractivity contribution in [2.45, 2.75) is 26.4 Å². The van der Waals surface area contributed by atoms with Crippen molar-refractivity contribution in [2.75, 3.05) is 6.61 Å². The van der Waals surface area contributed by atoms with Crippen molar-refractivity contribution in [1.82, 2.24) is 0 Å². The van der Waals surface area contributed by atoms with E-state index in [2.05, 4.69) is 16.4 Å². The van der Waals surface area contributed by atoms with Gasteiger partial charge < -0.3 is 4.74 Å². The molecule has 0 aliphatic rings. The third-order valence-electron chi connectivity index (χ3n) is 0.702. The molecule has 0 radical (unpaired) electrons. The second-order valence-electron chi connectivity index (χ2n) is 3.12. The fourth-order valence-electron chi connectivity index (χ4n) is 0.397. The van der Waals surface area contributed by atoms with Crippen LogP contribution < -0.4 is 0 Å². The molecule has 0 aliphatic heterocycles. The predicted octanol–water partition coefficient (Wildman–Crippen LogP) is 2.06. The van der Waals surface area contributed by atoms with Crippen LogP contribution in [0.1, 0.15) is 20.8 Å². The van der Waals surface area contributed by atoms with Crippen LogP contribution in [0.5, 0.6) is 0 Å². The van der Waals surface area contributed by atoms with Crippen LogP contribution in [-0.2, 0) is 14.5 Å². The van der Waals surface area contributed by atoms with Crippen LogP contribution in [0.4, 0.5) is 4.79 Å². The van der Waals surface area contributed by atoms with E-state index in [1.165, 1.54) is 6.08 Å². The van der Waals surface area contributed by atoms with Crippen LogP contribution in [0.3, 0.4) is 0 Å². The van der Waals surface area contributed by atoms with Crippen LogP contribution in [0.15, 0.2) is 12.7 Å². The minimum absolute atomic E-state index is 0.152. The Morgan fingerprint density at radius 2 is 2.08 bits per heavy atom. The molecule has 0 saturated heterocycles. The van der Waals surface area contributed by atoms with Crippen molar-refractivity contribution >= 4 is 6.16 Å². The smallest absolute Gasteiger partial charge is 0.427 e. The zero-order valence-corrected chi connectivity index (χ0v) is 7.62. The summed E-state index contributed by atoms with van der Waals surface area (Å²) < 4.78 is 4.76. The molecule has 0 amide bonds. The normalized spacial score (nSPS) is 10.6. The highest BCUT2D eigenvalue weighted by Crippen LogP contribution is 2.07. The van der Waals surface area contributed by atoms with E-state index in [1.54, 1.807) is 20.8 Å². The zero-order chi connectivity index (χ0) is 9.61. The molecule has 0 aromatic rings. The molecule has 70 valence electrons. The molecule has 0 atom stereocenters. The first kappa shape index (κ1) is 11.0. The van der Waals surface area contributed by atoms with E-state index in [1.807, 2.05) is 0 Å². The minimum Gasteiger partial charge on any atom is -0.427 e. The molecule has 0 spiro atoms. The molecule has 4 nitrogen and oxygen atoms in total. The second kappa shape index (κ2) is 4.77. The third kappa shape index (κ3) is 7.08. The van der Waals surface area contributed by atoms with Gasteiger partial charge in [0.25, 0.3) is 0 Å². The summed E-state index contributed by atoms with van der Waals surface area (Å²) in [5.41, 5.74) is -0.561. The van der Waals surface area contributed by atoms with E-state index in [-0.39, 0.29) is 6.61 Å². The number of hydrogen-bond donors (Lipinski definition) is 0. The summed E-state index contributed by atoms with van der Waals surface area (Å²) in [5.74, 6) is 0. The summed E-state index contributed by atoms with van der Waals surface area (Å²) in [7, 11) is 0. The molecular weight excluding hydrogens is 160 g/mol. The van der Waals surface area contributed by atoms with Gasteiger partial charge in [-0.1, -0.05) is 6.08 Å².